The van der Waals surface area contributed by atoms with Crippen molar-refractivity contribution in [1.82, 2.24) is 9.88 Å². The van der Waals surface area contributed by atoms with Gasteiger partial charge < -0.3 is 10.1 Å². The number of benzene rings is 1. The number of hydrogen-bond donors (Lipinski definition) is 1. The van der Waals surface area contributed by atoms with Crippen LogP contribution < -0.4 is 10.1 Å². The number of nitrogens with zero attached hydrogens (tertiary/aromatic N) is 2. The van der Waals surface area contributed by atoms with E-state index in [0.717, 1.165) is 15.8 Å². The van der Waals surface area contributed by atoms with E-state index < -0.39 is 0 Å². The van der Waals surface area contributed by atoms with E-state index in [-0.39, 0.29) is 11.9 Å². The number of halogens is 2. The number of anilines is 1. The molecule has 1 heterocycles. The van der Waals surface area contributed by atoms with Gasteiger partial charge in [-0.1, -0.05) is 27.5 Å². The van der Waals surface area contributed by atoms with Crippen molar-refractivity contribution in [3.8, 4) is 5.75 Å². The molecule has 1 atom stereocenters. The quantitative estimate of drug-likeness (QED) is 0.780. The maximum Gasteiger partial charge on any atom is 0.242 e. The number of nitrogens with one attached hydrogen (secondary N) is 1. The minimum Gasteiger partial charge on any atom is -0.496 e. The Bertz CT molecular complexity index is 709. The highest BCUT2D eigenvalue weighted by Gasteiger charge is 2.20. The minimum absolute atomic E-state index is 0.138. The summed E-state index contributed by atoms with van der Waals surface area (Å²) in [5, 5.41) is 3.31. The zero-order chi connectivity index (χ0) is 17.7. The zero-order valence-corrected chi connectivity index (χ0v) is 16.1. The number of pyridine rings is 1. The van der Waals surface area contributed by atoms with Crippen LogP contribution in [0.2, 0.25) is 5.02 Å². The Morgan fingerprint density at radius 1 is 1.42 bits per heavy atom. The van der Waals surface area contributed by atoms with E-state index in [2.05, 4.69) is 26.2 Å². The van der Waals surface area contributed by atoms with Crippen LogP contribution in [0.15, 0.2) is 41.0 Å². The first kappa shape index (κ1) is 18.7. The Morgan fingerprint density at radius 3 is 2.79 bits per heavy atom. The Balaban J connectivity index is 2.03. The number of hydrogen-bond acceptors (Lipinski definition) is 4. The van der Waals surface area contributed by atoms with Gasteiger partial charge in [0.1, 0.15) is 11.6 Å². The average molecular weight is 413 g/mol. The maximum absolute atomic E-state index is 12.4. The molecule has 0 unspecified atom stereocenters. The summed E-state index contributed by atoms with van der Waals surface area (Å²) >= 11 is 9.25. The molecule has 7 heteroatoms. The third-order valence-electron chi connectivity index (χ3n) is 3.68. The van der Waals surface area contributed by atoms with E-state index in [0.29, 0.717) is 17.4 Å². The lowest BCUT2D eigenvalue weighted by Crippen LogP contribution is -2.39. The number of carbonyl (C=O) groups excluding carboxylic acids is 1. The Hall–Kier alpha value is -1.63. The molecule has 0 radical (unpaired) electrons. The van der Waals surface area contributed by atoms with Crippen molar-refractivity contribution < 1.29 is 9.53 Å². The van der Waals surface area contributed by atoms with E-state index in [1.165, 1.54) is 6.20 Å². The standard InChI is InChI=1S/C17H19BrClN3O2/c1-11(17(23)21-16-7-5-14(19)9-20-16)22(2)10-12-8-13(18)4-6-15(12)24-3/h4-9,11H,10H2,1-3H3,(H,20,21,23)/t11-/m0/s1. The summed E-state index contributed by atoms with van der Waals surface area (Å²) in [4.78, 5) is 18.4. The second-order valence-corrected chi connectivity index (χ2v) is 6.75. The molecule has 0 saturated carbocycles. The second-order valence-electron chi connectivity index (χ2n) is 5.40. The smallest absolute Gasteiger partial charge is 0.242 e. The van der Waals surface area contributed by atoms with Crippen LogP contribution in [0.5, 0.6) is 5.75 Å². The minimum atomic E-state index is -0.342. The zero-order valence-electron chi connectivity index (χ0n) is 13.7. The first-order chi connectivity index (χ1) is 11.4. The fourth-order valence-electron chi connectivity index (χ4n) is 2.16. The monoisotopic (exact) mass is 411 g/mol. The van der Waals surface area contributed by atoms with E-state index in [1.807, 2.05) is 37.1 Å². The van der Waals surface area contributed by atoms with E-state index in [4.69, 9.17) is 16.3 Å². The predicted molar refractivity (Wildman–Crippen MR) is 99.5 cm³/mol. The Morgan fingerprint density at radius 2 is 2.17 bits per heavy atom. The van der Waals surface area contributed by atoms with Gasteiger partial charge >= 0.3 is 0 Å². The highest BCUT2D eigenvalue weighted by atomic mass is 79.9. The van der Waals surface area contributed by atoms with Crippen molar-refractivity contribution in [2.24, 2.45) is 0 Å². The molecule has 0 saturated heterocycles. The van der Waals surface area contributed by atoms with Crippen LogP contribution in [0, 0.1) is 0 Å². The molecule has 1 N–H and O–H groups in total. The number of carbonyl (C=O) groups is 1. The largest absolute Gasteiger partial charge is 0.496 e. The van der Waals surface area contributed by atoms with E-state index in [9.17, 15) is 4.79 Å². The first-order valence-corrected chi connectivity index (χ1v) is 8.53. The van der Waals surface area contributed by atoms with Crippen molar-refractivity contribution in [3.63, 3.8) is 0 Å². The molecule has 0 spiro atoms. The van der Waals surface area contributed by atoms with Crippen LogP contribution in [0.25, 0.3) is 0 Å². The van der Waals surface area contributed by atoms with Crippen LogP contribution in [-0.2, 0) is 11.3 Å². The van der Waals surface area contributed by atoms with E-state index >= 15 is 0 Å². The maximum atomic E-state index is 12.4. The molecule has 0 aliphatic rings. The molecule has 0 fully saturated rings. The fourth-order valence-corrected chi connectivity index (χ4v) is 2.68. The van der Waals surface area contributed by atoms with Crippen LogP contribution in [0.3, 0.4) is 0 Å². The highest BCUT2D eigenvalue weighted by Crippen LogP contribution is 2.24. The van der Waals surface area contributed by atoms with Gasteiger partial charge in [-0.2, -0.15) is 0 Å². The van der Waals surface area contributed by atoms with Crippen molar-refractivity contribution >= 4 is 39.3 Å². The summed E-state index contributed by atoms with van der Waals surface area (Å²) in [5.74, 6) is 1.13. The molecule has 0 bridgehead atoms. The third-order valence-corrected chi connectivity index (χ3v) is 4.40. The van der Waals surface area contributed by atoms with Crippen molar-refractivity contribution in [1.29, 1.82) is 0 Å². The van der Waals surface area contributed by atoms with Crippen LogP contribution in [0.1, 0.15) is 12.5 Å². The molecule has 2 aromatic rings. The number of ether oxygens (including phenoxy) is 1. The Labute approximate surface area is 155 Å². The molecule has 0 aliphatic carbocycles. The van der Waals surface area contributed by atoms with Crippen molar-refractivity contribution in [3.05, 3.63) is 51.6 Å². The summed E-state index contributed by atoms with van der Waals surface area (Å²) in [6.07, 6.45) is 1.50. The second kappa shape index (κ2) is 8.46. The van der Waals surface area contributed by atoms with E-state index in [1.54, 1.807) is 19.2 Å². The van der Waals surface area contributed by atoms with Crippen molar-refractivity contribution in [2.45, 2.75) is 19.5 Å². The van der Waals surface area contributed by atoms with Gasteiger partial charge in [0.2, 0.25) is 5.91 Å². The predicted octanol–water partition coefficient (Wildman–Crippen LogP) is 3.97. The topological polar surface area (TPSA) is 54.5 Å². The molecule has 2 rings (SSSR count). The molecule has 1 aromatic heterocycles. The van der Waals surface area contributed by atoms with Gasteiger partial charge in [0.25, 0.3) is 0 Å². The summed E-state index contributed by atoms with van der Waals surface area (Å²) in [7, 11) is 3.52. The fraction of sp³-hybridized carbons (Fsp3) is 0.294. The number of amides is 1. The molecular formula is C17H19BrClN3O2. The Kier molecular flexibility index (Phi) is 6.60. The molecular weight excluding hydrogens is 394 g/mol. The SMILES string of the molecule is COc1ccc(Br)cc1CN(C)[C@@H](C)C(=O)Nc1ccc(Cl)cn1. The molecule has 24 heavy (non-hydrogen) atoms. The summed E-state index contributed by atoms with van der Waals surface area (Å²) < 4.78 is 6.34. The van der Waals surface area contributed by atoms with Crippen LogP contribution in [0.4, 0.5) is 5.82 Å². The molecule has 1 aromatic carbocycles. The van der Waals surface area contributed by atoms with Gasteiger partial charge in [-0.15, -0.1) is 0 Å². The third kappa shape index (κ3) is 4.93. The lowest BCUT2D eigenvalue weighted by molar-refractivity contribution is -0.120. The number of likely N-dealkylation sites (N-methyl/N-ethyl adjacent to an activating group) is 1. The summed E-state index contributed by atoms with van der Waals surface area (Å²) in [6, 6.07) is 8.82. The van der Waals surface area contributed by atoms with Gasteiger partial charge in [0, 0.05) is 22.8 Å². The molecule has 1 amide bonds. The molecule has 128 valence electrons. The normalized spacial score (nSPS) is 12.1. The number of methoxy groups -OCH3 is 1. The van der Waals surface area contributed by atoms with Crippen molar-refractivity contribution in [2.75, 3.05) is 19.5 Å². The van der Waals surface area contributed by atoms with Gasteiger partial charge in [-0.3, -0.25) is 9.69 Å². The average Bonchev–Trinajstić information content (AvgIpc) is 2.56. The summed E-state index contributed by atoms with van der Waals surface area (Å²) in [6.45, 7) is 2.42. The van der Waals surface area contributed by atoms with Gasteiger partial charge in [0.15, 0.2) is 0 Å². The number of aromatic nitrogens is 1. The van der Waals surface area contributed by atoms with Gasteiger partial charge in [-0.25, -0.2) is 4.98 Å². The number of rotatable bonds is 6. The first-order valence-electron chi connectivity index (χ1n) is 7.35. The van der Waals surface area contributed by atoms with Crippen LogP contribution in [-0.4, -0.2) is 36.0 Å². The van der Waals surface area contributed by atoms with Gasteiger partial charge in [0.05, 0.1) is 18.2 Å². The van der Waals surface area contributed by atoms with Crippen LogP contribution >= 0.6 is 27.5 Å². The lowest BCUT2D eigenvalue weighted by atomic mass is 10.1. The lowest BCUT2D eigenvalue weighted by Gasteiger charge is -2.24. The highest BCUT2D eigenvalue weighted by molar-refractivity contribution is 9.10. The van der Waals surface area contributed by atoms with Gasteiger partial charge in [-0.05, 0) is 44.3 Å². The molecule has 0 aliphatic heterocycles. The molecule has 5 nitrogen and oxygen atoms in total. The summed E-state index contributed by atoms with van der Waals surface area (Å²) in [5.41, 5.74) is 0.999.